The van der Waals surface area contributed by atoms with Gasteiger partial charge in [0.1, 0.15) is 0 Å². The van der Waals surface area contributed by atoms with Gasteiger partial charge in [-0.25, -0.2) is 0 Å². The molecule has 0 aliphatic carbocycles. The zero-order chi connectivity index (χ0) is 16.7. The van der Waals surface area contributed by atoms with E-state index in [2.05, 4.69) is 32.6 Å². The summed E-state index contributed by atoms with van der Waals surface area (Å²) in [6.07, 6.45) is 13.2. The number of nitrogens with one attached hydrogen (secondary N) is 2. The van der Waals surface area contributed by atoms with E-state index in [0.717, 1.165) is 30.4 Å². The second-order valence-corrected chi connectivity index (χ2v) is 5.63. The van der Waals surface area contributed by atoms with Gasteiger partial charge in [-0.15, -0.1) is 0 Å². The molecule has 0 saturated carbocycles. The minimum atomic E-state index is -0.455. The van der Waals surface area contributed by atoms with Crippen molar-refractivity contribution in [2.75, 3.05) is 40.3 Å². The maximum absolute atomic E-state index is 10.8. The molecule has 7 heteroatoms. The summed E-state index contributed by atoms with van der Waals surface area (Å²) in [5.41, 5.74) is 2.15. The van der Waals surface area contributed by atoms with Crippen LogP contribution in [-0.2, 0) is 0 Å². The van der Waals surface area contributed by atoms with E-state index in [1.54, 1.807) is 0 Å². The average molecular weight is 317 g/mol. The zero-order valence-corrected chi connectivity index (χ0v) is 13.5. The van der Waals surface area contributed by atoms with Crippen LogP contribution in [0.1, 0.15) is 0 Å². The molecular weight excluding hydrogens is 294 g/mol. The molecule has 7 nitrogen and oxygen atoms in total. The standard InChI is InChI=1S/C16H23N5O2/c1-19-7-3-5-14(11-19)9-17-16(13-21(22)23)18-10-15-6-4-8-20(2)12-15/h3-6,11-13,17-18H,7-10H2,1-2H3. The predicted octanol–water partition coefficient (Wildman–Crippen LogP) is 1.01. The highest BCUT2D eigenvalue weighted by atomic mass is 16.6. The Morgan fingerprint density at radius 1 is 1.13 bits per heavy atom. The number of rotatable bonds is 7. The van der Waals surface area contributed by atoms with Gasteiger partial charge in [-0.1, -0.05) is 24.3 Å². The number of likely N-dealkylation sites (N-methyl/N-ethyl adjacent to an activating group) is 2. The summed E-state index contributed by atoms with van der Waals surface area (Å²) in [6.45, 7) is 2.82. The van der Waals surface area contributed by atoms with E-state index in [1.807, 2.05) is 38.6 Å². The number of hydrogen-bond donors (Lipinski definition) is 2. The van der Waals surface area contributed by atoms with Crippen molar-refractivity contribution >= 4 is 0 Å². The van der Waals surface area contributed by atoms with Gasteiger partial charge in [0.05, 0.1) is 4.92 Å². The Hall–Kier alpha value is -2.70. The third kappa shape index (κ3) is 5.90. The van der Waals surface area contributed by atoms with Crippen molar-refractivity contribution in [3.8, 4) is 0 Å². The molecule has 0 bridgehead atoms. The fraction of sp³-hybridized carbons (Fsp3) is 0.375. The van der Waals surface area contributed by atoms with Crippen molar-refractivity contribution in [2.24, 2.45) is 0 Å². The molecule has 0 atom stereocenters. The van der Waals surface area contributed by atoms with Gasteiger partial charge in [-0.05, 0) is 11.1 Å². The van der Waals surface area contributed by atoms with Crippen molar-refractivity contribution < 1.29 is 4.92 Å². The van der Waals surface area contributed by atoms with Crippen molar-refractivity contribution in [3.63, 3.8) is 0 Å². The summed E-state index contributed by atoms with van der Waals surface area (Å²) in [5, 5.41) is 17.0. The van der Waals surface area contributed by atoms with Crippen LogP contribution in [0.2, 0.25) is 0 Å². The number of hydrogen-bond acceptors (Lipinski definition) is 6. The van der Waals surface area contributed by atoms with E-state index in [1.165, 1.54) is 0 Å². The minimum Gasteiger partial charge on any atom is -0.376 e. The third-order valence-electron chi connectivity index (χ3n) is 3.42. The Balaban J connectivity index is 1.91. The predicted molar refractivity (Wildman–Crippen MR) is 90.8 cm³/mol. The largest absolute Gasteiger partial charge is 0.376 e. The first-order chi connectivity index (χ1) is 11.0. The van der Waals surface area contributed by atoms with Crippen molar-refractivity contribution in [3.05, 3.63) is 70.0 Å². The van der Waals surface area contributed by atoms with Crippen molar-refractivity contribution in [1.29, 1.82) is 0 Å². The van der Waals surface area contributed by atoms with Gasteiger partial charge in [-0.2, -0.15) is 0 Å². The van der Waals surface area contributed by atoms with E-state index >= 15 is 0 Å². The van der Waals surface area contributed by atoms with Crippen LogP contribution in [0.4, 0.5) is 0 Å². The quantitative estimate of drug-likeness (QED) is 0.539. The van der Waals surface area contributed by atoms with E-state index < -0.39 is 4.92 Å². The molecule has 2 heterocycles. The lowest BCUT2D eigenvalue weighted by molar-refractivity contribution is -0.404. The number of nitrogens with zero attached hydrogens (tertiary/aromatic N) is 3. The lowest BCUT2D eigenvalue weighted by atomic mass is 10.2. The number of nitro groups is 1. The second-order valence-electron chi connectivity index (χ2n) is 5.63. The second kappa shape index (κ2) is 8.07. The van der Waals surface area contributed by atoms with Gasteiger partial charge < -0.3 is 20.4 Å². The summed E-state index contributed by atoms with van der Waals surface area (Å²) in [7, 11) is 3.99. The Bertz CT molecular complexity index is 547. The van der Waals surface area contributed by atoms with E-state index in [0.29, 0.717) is 18.9 Å². The first-order valence-electron chi connectivity index (χ1n) is 7.51. The van der Waals surface area contributed by atoms with E-state index in [9.17, 15) is 10.1 Å². The van der Waals surface area contributed by atoms with Crippen molar-refractivity contribution in [1.82, 2.24) is 20.4 Å². The first kappa shape index (κ1) is 16.7. The van der Waals surface area contributed by atoms with Crippen LogP contribution in [0.15, 0.2) is 59.9 Å². The fourth-order valence-electron chi connectivity index (χ4n) is 2.36. The molecule has 0 fully saturated rings. The third-order valence-corrected chi connectivity index (χ3v) is 3.42. The van der Waals surface area contributed by atoms with Crippen molar-refractivity contribution in [2.45, 2.75) is 0 Å². The monoisotopic (exact) mass is 317 g/mol. The summed E-state index contributed by atoms with van der Waals surface area (Å²) in [4.78, 5) is 14.5. The maximum Gasteiger partial charge on any atom is 0.274 e. The van der Waals surface area contributed by atoms with Crippen LogP contribution in [0.3, 0.4) is 0 Å². The zero-order valence-electron chi connectivity index (χ0n) is 13.5. The Labute approximate surface area is 136 Å². The van der Waals surface area contributed by atoms with E-state index in [-0.39, 0.29) is 0 Å². The van der Waals surface area contributed by atoms with Crippen LogP contribution >= 0.6 is 0 Å². The van der Waals surface area contributed by atoms with Gasteiger partial charge >= 0.3 is 0 Å². The molecule has 2 aliphatic rings. The molecule has 2 N–H and O–H groups in total. The molecule has 124 valence electrons. The molecule has 0 spiro atoms. The Morgan fingerprint density at radius 3 is 2.00 bits per heavy atom. The molecular formula is C16H23N5O2. The smallest absolute Gasteiger partial charge is 0.274 e. The maximum atomic E-state index is 10.8. The molecule has 0 radical (unpaired) electrons. The highest BCUT2D eigenvalue weighted by molar-refractivity contribution is 5.26. The van der Waals surface area contributed by atoms with Gasteiger partial charge in [0.15, 0.2) is 5.82 Å². The van der Waals surface area contributed by atoms with Gasteiger partial charge in [0.25, 0.3) is 6.20 Å². The van der Waals surface area contributed by atoms with Gasteiger partial charge in [0.2, 0.25) is 0 Å². The molecule has 0 amide bonds. The highest BCUT2D eigenvalue weighted by Crippen LogP contribution is 2.06. The molecule has 0 aromatic carbocycles. The fourth-order valence-corrected chi connectivity index (χ4v) is 2.36. The molecule has 0 unspecified atom stereocenters. The van der Waals surface area contributed by atoms with Crippen LogP contribution in [-0.4, -0.2) is 55.0 Å². The molecule has 0 aromatic rings. The van der Waals surface area contributed by atoms with Crippen LogP contribution < -0.4 is 10.6 Å². The molecule has 2 aliphatic heterocycles. The summed E-state index contributed by atoms with van der Waals surface area (Å²) >= 11 is 0. The normalized spacial score (nSPS) is 16.6. The lowest BCUT2D eigenvalue weighted by Crippen LogP contribution is -2.31. The average Bonchev–Trinajstić information content (AvgIpc) is 2.50. The molecule has 0 aromatic heterocycles. The molecule has 0 saturated heterocycles. The Kier molecular flexibility index (Phi) is 5.85. The molecule has 2 rings (SSSR count). The van der Waals surface area contributed by atoms with Crippen LogP contribution in [0, 0.1) is 10.1 Å². The van der Waals surface area contributed by atoms with Crippen LogP contribution in [0.5, 0.6) is 0 Å². The SMILES string of the molecule is CN1C=C(CNC(=C[N+](=O)[O-])NCC2=CN(C)CC=C2)C=CC1. The lowest BCUT2D eigenvalue weighted by Gasteiger charge is -2.20. The summed E-state index contributed by atoms with van der Waals surface area (Å²) < 4.78 is 0. The Morgan fingerprint density at radius 2 is 1.61 bits per heavy atom. The summed E-state index contributed by atoms with van der Waals surface area (Å²) in [6, 6.07) is 0. The van der Waals surface area contributed by atoms with Crippen LogP contribution in [0.25, 0.3) is 0 Å². The molecule has 23 heavy (non-hydrogen) atoms. The van der Waals surface area contributed by atoms with Gasteiger partial charge in [-0.3, -0.25) is 10.1 Å². The summed E-state index contributed by atoms with van der Waals surface area (Å²) in [5.74, 6) is 0.403. The minimum absolute atomic E-state index is 0.403. The van der Waals surface area contributed by atoms with E-state index in [4.69, 9.17) is 0 Å². The van der Waals surface area contributed by atoms with Gasteiger partial charge in [0, 0.05) is 52.7 Å². The highest BCUT2D eigenvalue weighted by Gasteiger charge is 2.07. The topological polar surface area (TPSA) is 73.7 Å². The first-order valence-corrected chi connectivity index (χ1v) is 7.51.